The zero-order valence-corrected chi connectivity index (χ0v) is 15.7. The Kier molecular flexibility index (Phi) is 5.39. The van der Waals surface area contributed by atoms with Crippen molar-refractivity contribution in [2.75, 3.05) is 13.1 Å². The Balaban J connectivity index is 1.39. The predicted molar refractivity (Wildman–Crippen MR) is 104 cm³/mol. The van der Waals surface area contributed by atoms with Crippen molar-refractivity contribution < 1.29 is 14.0 Å². The number of carbonyl (C=O) groups is 2. The lowest BCUT2D eigenvalue weighted by atomic mass is 10.0. The van der Waals surface area contributed by atoms with E-state index in [-0.39, 0.29) is 30.1 Å². The lowest BCUT2D eigenvalue weighted by Crippen LogP contribution is -2.59. The van der Waals surface area contributed by atoms with Gasteiger partial charge >= 0.3 is 0 Å². The minimum absolute atomic E-state index is 0.0841. The number of carbonyl (C=O) groups excluding carboxylic acids is 2. The average molecular weight is 381 g/mol. The zero-order valence-electron chi connectivity index (χ0n) is 15.7. The summed E-state index contributed by atoms with van der Waals surface area (Å²) >= 11 is 0. The third-order valence-corrected chi connectivity index (χ3v) is 5.65. The summed E-state index contributed by atoms with van der Waals surface area (Å²) in [5.74, 6) is -0.562. The van der Waals surface area contributed by atoms with Crippen molar-refractivity contribution in [2.24, 2.45) is 0 Å². The van der Waals surface area contributed by atoms with Gasteiger partial charge in [-0.25, -0.2) is 4.39 Å². The van der Waals surface area contributed by atoms with Crippen molar-refractivity contribution in [1.82, 2.24) is 15.5 Å². The molecule has 1 atom stereocenters. The van der Waals surface area contributed by atoms with Gasteiger partial charge in [-0.15, -0.1) is 0 Å². The molecule has 0 bridgehead atoms. The number of hydrogen-bond donors (Lipinski definition) is 2. The van der Waals surface area contributed by atoms with E-state index in [1.165, 1.54) is 23.3 Å². The maximum Gasteiger partial charge on any atom is 0.237 e. The highest BCUT2D eigenvalue weighted by Crippen LogP contribution is 2.28. The lowest BCUT2D eigenvalue weighted by Gasteiger charge is -2.38. The second-order valence-corrected chi connectivity index (χ2v) is 7.48. The van der Waals surface area contributed by atoms with Crippen LogP contribution in [0.25, 0.3) is 0 Å². The second-order valence-electron chi connectivity index (χ2n) is 7.48. The maximum atomic E-state index is 13.0. The van der Waals surface area contributed by atoms with Gasteiger partial charge in [-0.05, 0) is 41.7 Å². The number of fused-ring (bicyclic) bond motifs is 1. The van der Waals surface area contributed by atoms with Crippen LogP contribution in [0.1, 0.15) is 23.1 Å². The van der Waals surface area contributed by atoms with E-state index in [1.807, 2.05) is 12.1 Å². The molecule has 146 valence electrons. The molecule has 2 aliphatic rings. The highest BCUT2D eigenvalue weighted by Gasteiger charge is 2.37. The summed E-state index contributed by atoms with van der Waals surface area (Å²) in [6.45, 7) is 1.68. The molecule has 0 unspecified atom stereocenters. The smallest absolute Gasteiger partial charge is 0.237 e. The Morgan fingerprint density at radius 3 is 2.46 bits per heavy atom. The number of halogens is 1. The summed E-state index contributed by atoms with van der Waals surface area (Å²) in [4.78, 5) is 27.2. The number of nitrogens with one attached hydrogen (secondary N) is 2. The molecule has 1 heterocycles. The van der Waals surface area contributed by atoms with E-state index in [0.29, 0.717) is 13.1 Å². The van der Waals surface area contributed by atoms with Crippen molar-refractivity contribution in [3.63, 3.8) is 0 Å². The van der Waals surface area contributed by atoms with Crippen molar-refractivity contribution in [2.45, 2.75) is 37.9 Å². The number of rotatable bonds is 5. The minimum atomic E-state index is -0.457. The molecule has 0 spiro atoms. The quantitative estimate of drug-likeness (QED) is 0.830. The van der Waals surface area contributed by atoms with Crippen LogP contribution in [0.15, 0.2) is 48.5 Å². The van der Waals surface area contributed by atoms with Crippen LogP contribution >= 0.6 is 0 Å². The van der Waals surface area contributed by atoms with Crippen LogP contribution in [0.2, 0.25) is 0 Å². The molecule has 2 amide bonds. The maximum absolute atomic E-state index is 13.0. The number of nitrogens with zero attached hydrogens (tertiary/aromatic N) is 1. The summed E-state index contributed by atoms with van der Waals surface area (Å²) in [5, 5.41) is 5.74. The fourth-order valence-corrected chi connectivity index (χ4v) is 4.20. The first-order chi connectivity index (χ1) is 13.6. The van der Waals surface area contributed by atoms with Gasteiger partial charge in [-0.3, -0.25) is 14.5 Å². The first-order valence-corrected chi connectivity index (χ1v) is 9.71. The first kappa shape index (κ1) is 18.6. The van der Waals surface area contributed by atoms with E-state index in [2.05, 4.69) is 27.7 Å². The largest absolute Gasteiger partial charge is 0.353 e. The molecule has 0 aromatic heterocycles. The Hall–Kier alpha value is -2.73. The van der Waals surface area contributed by atoms with Crippen LogP contribution < -0.4 is 10.6 Å². The summed E-state index contributed by atoms with van der Waals surface area (Å²) in [5.41, 5.74) is 3.49. The molecule has 1 fully saturated rings. The summed E-state index contributed by atoms with van der Waals surface area (Å²) in [6.07, 6.45) is 1.95. The number of hydrogen-bond acceptors (Lipinski definition) is 3. The zero-order chi connectivity index (χ0) is 19.5. The van der Waals surface area contributed by atoms with Crippen molar-refractivity contribution in [1.29, 1.82) is 0 Å². The standard InChI is InChI=1S/C22H24FN3O2/c23-18-7-5-15(6-8-18)14-25-21(27)13-20-22(28)24-9-10-26(20)19-11-16-3-1-2-4-17(16)12-19/h1-8,19-20H,9-14H2,(H,24,28)(H,25,27)/t20-/m0/s1. The SMILES string of the molecule is O=C(C[C@H]1C(=O)NCCN1C1Cc2ccccc2C1)NCc1ccc(F)cc1. The molecule has 2 N–H and O–H groups in total. The Labute approximate surface area is 163 Å². The molecule has 1 aliphatic heterocycles. The fourth-order valence-electron chi connectivity index (χ4n) is 4.20. The van der Waals surface area contributed by atoms with E-state index >= 15 is 0 Å². The van der Waals surface area contributed by atoms with E-state index in [9.17, 15) is 14.0 Å². The topological polar surface area (TPSA) is 61.4 Å². The molecule has 28 heavy (non-hydrogen) atoms. The second kappa shape index (κ2) is 8.10. The molecule has 2 aromatic rings. The molecular weight excluding hydrogens is 357 g/mol. The van der Waals surface area contributed by atoms with Gasteiger partial charge in [0.2, 0.25) is 11.8 Å². The van der Waals surface area contributed by atoms with Crippen molar-refractivity contribution >= 4 is 11.8 Å². The molecule has 4 rings (SSSR count). The minimum Gasteiger partial charge on any atom is -0.353 e. The van der Waals surface area contributed by atoms with Gasteiger partial charge in [0.25, 0.3) is 0 Å². The van der Waals surface area contributed by atoms with Gasteiger partial charge in [-0.2, -0.15) is 0 Å². The van der Waals surface area contributed by atoms with Gasteiger partial charge in [0, 0.05) is 25.7 Å². The average Bonchev–Trinajstić information content (AvgIpc) is 3.13. The Morgan fingerprint density at radius 2 is 1.79 bits per heavy atom. The summed E-state index contributed by atoms with van der Waals surface area (Å²) in [7, 11) is 0. The number of piperazine rings is 1. The predicted octanol–water partition coefficient (Wildman–Crippen LogP) is 1.80. The summed E-state index contributed by atoms with van der Waals surface area (Å²) in [6, 6.07) is 14.2. The van der Waals surface area contributed by atoms with Crippen molar-refractivity contribution in [3.05, 3.63) is 71.0 Å². The van der Waals surface area contributed by atoms with E-state index in [0.717, 1.165) is 24.9 Å². The molecule has 2 aromatic carbocycles. The molecule has 1 aliphatic carbocycles. The van der Waals surface area contributed by atoms with Gasteiger partial charge in [0.05, 0.1) is 12.5 Å². The molecule has 1 saturated heterocycles. The number of amides is 2. The molecule has 5 nitrogen and oxygen atoms in total. The molecule has 6 heteroatoms. The van der Waals surface area contributed by atoms with Crippen LogP contribution in [-0.4, -0.2) is 41.9 Å². The third kappa shape index (κ3) is 4.07. The monoisotopic (exact) mass is 381 g/mol. The highest BCUT2D eigenvalue weighted by molar-refractivity contribution is 5.88. The van der Waals surface area contributed by atoms with Crippen LogP contribution in [0.4, 0.5) is 4.39 Å². The lowest BCUT2D eigenvalue weighted by molar-refractivity contribution is -0.135. The van der Waals surface area contributed by atoms with Crippen LogP contribution in [-0.2, 0) is 29.0 Å². The van der Waals surface area contributed by atoms with Gasteiger partial charge in [0.15, 0.2) is 0 Å². The molecule has 0 radical (unpaired) electrons. The Bertz CT molecular complexity index is 843. The molecule has 0 saturated carbocycles. The summed E-state index contributed by atoms with van der Waals surface area (Å²) < 4.78 is 13.0. The van der Waals surface area contributed by atoms with Gasteiger partial charge in [-0.1, -0.05) is 36.4 Å². The first-order valence-electron chi connectivity index (χ1n) is 9.71. The van der Waals surface area contributed by atoms with E-state index in [4.69, 9.17) is 0 Å². The van der Waals surface area contributed by atoms with Crippen molar-refractivity contribution in [3.8, 4) is 0 Å². The third-order valence-electron chi connectivity index (χ3n) is 5.65. The van der Waals surface area contributed by atoms with Gasteiger partial charge < -0.3 is 10.6 Å². The van der Waals surface area contributed by atoms with Crippen LogP contribution in [0.5, 0.6) is 0 Å². The van der Waals surface area contributed by atoms with Crippen LogP contribution in [0.3, 0.4) is 0 Å². The normalized spacial score (nSPS) is 19.9. The Morgan fingerprint density at radius 1 is 1.11 bits per heavy atom. The molecular formula is C22H24FN3O2. The van der Waals surface area contributed by atoms with E-state index < -0.39 is 6.04 Å². The van der Waals surface area contributed by atoms with E-state index in [1.54, 1.807) is 12.1 Å². The van der Waals surface area contributed by atoms with Crippen LogP contribution in [0, 0.1) is 5.82 Å². The fraction of sp³-hybridized carbons (Fsp3) is 0.364. The highest BCUT2D eigenvalue weighted by atomic mass is 19.1. The number of benzene rings is 2. The van der Waals surface area contributed by atoms with Gasteiger partial charge in [0.1, 0.15) is 5.82 Å².